The number of sulfonamides is 1. The molecule has 1 aromatic rings. The summed E-state index contributed by atoms with van der Waals surface area (Å²) in [4.78, 5) is 29.1. The van der Waals surface area contributed by atoms with Gasteiger partial charge in [0.15, 0.2) is 0 Å². The first-order chi connectivity index (χ1) is 13.8. The number of nitrogens with zero attached hydrogens (tertiary/aromatic N) is 3. The Balaban J connectivity index is 1.40. The van der Waals surface area contributed by atoms with Gasteiger partial charge in [-0.1, -0.05) is 25.0 Å². The SMILES string of the molecule is Cc1ccc(C)c(S(=O)(=O)N2CCN(CN3C(=O)[C@H]4CCCC[C@@H]4C3=O)CC2)c1. The summed E-state index contributed by atoms with van der Waals surface area (Å²) in [6.45, 7) is 5.72. The van der Waals surface area contributed by atoms with Crippen LogP contribution in [0.4, 0.5) is 0 Å². The summed E-state index contributed by atoms with van der Waals surface area (Å²) in [5.41, 5.74) is 1.66. The summed E-state index contributed by atoms with van der Waals surface area (Å²) in [5.74, 6) is -0.348. The van der Waals surface area contributed by atoms with Crippen molar-refractivity contribution in [3.05, 3.63) is 29.3 Å². The largest absolute Gasteiger partial charge is 0.283 e. The van der Waals surface area contributed by atoms with Crippen molar-refractivity contribution in [2.45, 2.75) is 44.4 Å². The molecule has 2 heterocycles. The quantitative estimate of drug-likeness (QED) is 0.695. The van der Waals surface area contributed by atoms with Gasteiger partial charge in [-0.15, -0.1) is 0 Å². The zero-order valence-electron chi connectivity index (χ0n) is 17.1. The number of aryl methyl sites for hydroxylation is 2. The van der Waals surface area contributed by atoms with Gasteiger partial charge in [0.05, 0.1) is 23.4 Å². The Morgan fingerprint density at radius 1 is 0.931 bits per heavy atom. The highest BCUT2D eigenvalue weighted by Crippen LogP contribution is 2.38. The van der Waals surface area contributed by atoms with Crippen molar-refractivity contribution >= 4 is 21.8 Å². The van der Waals surface area contributed by atoms with Crippen LogP contribution in [0, 0.1) is 25.7 Å². The molecule has 158 valence electrons. The second-order valence-electron chi connectivity index (χ2n) is 8.53. The van der Waals surface area contributed by atoms with E-state index in [1.54, 1.807) is 6.07 Å². The molecule has 7 nitrogen and oxygen atoms in total. The first-order valence-corrected chi connectivity index (χ1v) is 11.9. The molecule has 0 bridgehead atoms. The fraction of sp³-hybridized carbons (Fsp3) is 0.619. The number of hydrogen-bond acceptors (Lipinski definition) is 5. The van der Waals surface area contributed by atoms with Gasteiger partial charge in [0.1, 0.15) is 0 Å². The van der Waals surface area contributed by atoms with E-state index in [2.05, 4.69) is 0 Å². The Kier molecular flexibility index (Phi) is 5.52. The van der Waals surface area contributed by atoms with Crippen molar-refractivity contribution in [3.63, 3.8) is 0 Å². The Bertz CT molecular complexity index is 898. The molecule has 0 unspecified atom stereocenters. The van der Waals surface area contributed by atoms with E-state index >= 15 is 0 Å². The molecular weight excluding hydrogens is 390 g/mol. The fourth-order valence-electron chi connectivity index (χ4n) is 4.81. The number of fused-ring (bicyclic) bond motifs is 1. The number of rotatable bonds is 4. The zero-order valence-corrected chi connectivity index (χ0v) is 18.0. The van der Waals surface area contributed by atoms with Gasteiger partial charge in [-0.05, 0) is 43.9 Å². The van der Waals surface area contributed by atoms with Gasteiger partial charge in [0.25, 0.3) is 0 Å². The predicted octanol–water partition coefficient (Wildman–Crippen LogP) is 1.74. The standard InChI is InChI=1S/C21H29N3O4S/c1-15-7-8-16(2)19(13-15)29(27,28)23-11-9-22(10-12-23)14-24-20(25)17-5-3-4-6-18(17)21(24)26/h7-8,13,17-18H,3-6,9-12,14H2,1-2H3/t17-,18-/m0/s1. The minimum absolute atomic E-state index is 0.0369. The van der Waals surface area contributed by atoms with E-state index in [1.165, 1.54) is 9.21 Å². The molecule has 1 saturated carbocycles. The highest BCUT2D eigenvalue weighted by atomic mass is 32.2. The third-order valence-corrected chi connectivity index (χ3v) is 8.61. The van der Waals surface area contributed by atoms with E-state index in [0.29, 0.717) is 31.1 Å². The minimum atomic E-state index is -3.55. The van der Waals surface area contributed by atoms with Gasteiger partial charge >= 0.3 is 0 Å². The van der Waals surface area contributed by atoms with Crippen LogP contribution in [0.3, 0.4) is 0 Å². The van der Waals surface area contributed by atoms with E-state index in [4.69, 9.17) is 0 Å². The number of hydrogen-bond donors (Lipinski definition) is 0. The lowest BCUT2D eigenvalue weighted by Gasteiger charge is -2.35. The molecule has 8 heteroatoms. The maximum Gasteiger partial charge on any atom is 0.243 e. The van der Waals surface area contributed by atoms with Crippen LogP contribution < -0.4 is 0 Å². The van der Waals surface area contributed by atoms with Crippen molar-refractivity contribution in [3.8, 4) is 0 Å². The molecule has 3 aliphatic rings. The lowest BCUT2D eigenvalue weighted by molar-refractivity contribution is -0.142. The Morgan fingerprint density at radius 2 is 1.52 bits per heavy atom. The highest BCUT2D eigenvalue weighted by Gasteiger charge is 2.48. The monoisotopic (exact) mass is 419 g/mol. The predicted molar refractivity (Wildman–Crippen MR) is 108 cm³/mol. The van der Waals surface area contributed by atoms with Crippen molar-refractivity contribution in [2.75, 3.05) is 32.8 Å². The molecule has 2 atom stereocenters. The number of carbonyl (C=O) groups excluding carboxylic acids is 2. The van der Waals surface area contributed by atoms with Crippen molar-refractivity contribution in [1.82, 2.24) is 14.1 Å². The number of amides is 2. The zero-order chi connectivity index (χ0) is 20.8. The number of likely N-dealkylation sites (tertiary alicyclic amines) is 1. The van der Waals surface area contributed by atoms with Crippen molar-refractivity contribution in [1.29, 1.82) is 0 Å². The molecule has 0 N–H and O–H groups in total. The smallest absolute Gasteiger partial charge is 0.243 e. The molecule has 1 aromatic carbocycles. The molecule has 0 radical (unpaired) electrons. The van der Waals surface area contributed by atoms with Gasteiger partial charge in [-0.25, -0.2) is 8.42 Å². The number of piperazine rings is 1. The molecular formula is C21H29N3O4S. The third kappa shape index (κ3) is 3.73. The Labute approximate surface area is 172 Å². The Morgan fingerprint density at radius 3 is 2.10 bits per heavy atom. The molecule has 0 aromatic heterocycles. The van der Waals surface area contributed by atoms with E-state index in [0.717, 1.165) is 36.8 Å². The van der Waals surface area contributed by atoms with Gasteiger partial charge in [0.2, 0.25) is 21.8 Å². The topological polar surface area (TPSA) is 78.0 Å². The minimum Gasteiger partial charge on any atom is -0.283 e. The second kappa shape index (κ2) is 7.81. The van der Waals surface area contributed by atoms with Gasteiger partial charge < -0.3 is 0 Å². The highest BCUT2D eigenvalue weighted by molar-refractivity contribution is 7.89. The maximum absolute atomic E-state index is 13.1. The number of imide groups is 1. The van der Waals surface area contributed by atoms with Crippen molar-refractivity contribution < 1.29 is 18.0 Å². The molecule has 1 aliphatic carbocycles. The molecule has 29 heavy (non-hydrogen) atoms. The van der Waals surface area contributed by atoms with Crippen molar-refractivity contribution in [2.24, 2.45) is 11.8 Å². The maximum atomic E-state index is 13.1. The molecule has 3 fully saturated rings. The summed E-state index contributed by atoms with van der Waals surface area (Å²) < 4.78 is 27.7. The summed E-state index contributed by atoms with van der Waals surface area (Å²) >= 11 is 0. The van der Waals surface area contributed by atoms with Crippen LogP contribution in [-0.4, -0.2) is 67.2 Å². The molecule has 2 aliphatic heterocycles. The average molecular weight is 420 g/mol. The van der Waals surface area contributed by atoms with Gasteiger partial charge in [-0.2, -0.15) is 4.31 Å². The Hall–Kier alpha value is -1.77. The fourth-order valence-corrected chi connectivity index (χ4v) is 6.54. The number of benzene rings is 1. The summed E-state index contributed by atoms with van der Waals surface area (Å²) in [6, 6.07) is 5.47. The van der Waals surface area contributed by atoms with Crippen LogP contribution in [-0.2, 0) is 19.6 Å². The normalized spacial score (nSPS) is 26.8. The summed E-state index contributed by atoms with van der Waals surface area (Å²) in [6.07, 6.45) is 3.66. The van der Waals surface area contributed by atoms with Crippen LogP contribution >= 0.6 is 0 Å². The van der Waals surface area contributed by atoms with Crippen LogP contribution in [0.15, 0.2) is 23.1 Å². The summed E-state index contributed by atoms with van der Waals surface area (Å²) in [5, 5.41) is 0. The molecule has 2 saturated heterocycles. The lowest BCUT2D eigenvalue weighted by Crippen LogP contribution is -2.52. The molecule has 4 rings (SSSR count). The van der Waals surface area contributed by atoms with Gasteiger partial charge in [0, 0.05) is 26.2 Å². The van der Waals surface area contributed by atoms with Gasteiger partial charge in [-0.3, -0.25) is 19.4 Å². The molecule has 2 amide bonds. The van der Waals surface area contributed by atoms with Crippen LogP contribution in [0.5, 0.6) is 0 Å². The lowest BCUT2D eigenvalue weighted by atomic mass is 9.81. The van der Waals surface area contributed by atoms with E-state index in [9.17, 15) is 18.0 Å². The van der Waals surface area contributed by atoms with Crippen LogP contribution in [0.25, 0.3) is 0 Å². The van der Waals surface area contributed by atoms with Crippen LogP contribution in [0.1, 0.15) is 36.8 Å². The summed E-state index contributed by atoms with van der Waals surface area (Å²) in [7, 11) is -3.55. The van der Waals surface area contributed by atoms with E-state index < -0.39 is 10.0 Å². The van der Waals surface area contributed by atoms with E-state index in [-0.39, 0.29) is 30.3 Å². The first kappa shape index (κ1) is 20.5. The van der Waals surface area contributed by atoms with E-state index in [1.807, 2.05) is 30.9 Å². The third-order valence-electron chi connectivity index (χ3n) is 6.57. The first-order valence-electron chi connectivity index (χ1n) is 10.4. The van der Waals surface area contributed by atoms with Crippen LogP contribution in [0.2, 0.25) is 0 Å². The average Bonchev–Trinajstić information content (AvgIpc) is 2.95. The molecule has 0 spiro atoms. The second-order valence-corrected chi connectivity index (χ2v) is 10.4. The number of carbonyl (C=O) groups is 2.